The predicted molar refractivity (Wildman–Crippen MR) is 146 cm³/mol. The highest BCUT2D eigenvalue weighted by Crippen LogP contribution is 2.28. The van der Waals surface area contributed by atoms with E-state index in [1.54, 1.807) is 23.3 Å². The van der Waals surface area contributed by atoms with E-state index in [-0.39, 0.29) is 5.75 Å². The van der Waals surface area contributed by atoms with Crippen LogP contribution in [0.2, 0.25) is 0 Å². The highest BCUT2D eigenvalue weighted by Gasteiger charge is 2.31. The molecule has 7 nitrogen and oxygen atoms in total. The number of pyridine rings is 1. The zero-order valence-electron chi connectivity index (χ0n) is 20.2. The smallest absolute Gasteiger partial charge is 0.406 e. The first-order valence-electron chi connectivity index (χ1n) is 11.5. The minimum absolute atomic E-state index is 0.286. The summed E-state index contributed by atoms with van der Waals surface area (Å²) in [6.45, 7) is 4.01. The lowest BCUT2D eigenvalue weighted by molar-refractivity contribution is -0.274. The van der Waals surface area contributed by atoms with Gasteiger partial charge in [0, 0.05) is 23.0 Å². The molecule has 0 aliphatic carbocycles. The molecule has 38 heavy (non-hydrogen) atoms. The van der Waals surface area contributed by atoms with Crippen LogP contribution in [0.4, 0.5) is 18.9 Å². The van der Waals surface area contributed by atoms with Gasteiger partial charge in [0.2, 0.25) is 0 Å². The zero-order valence-corrected chi connectivity index (χ0v) is 21.1. The number of thiocarbonyl (C=S) groups is 1. The maximum Gasteiger partial charge on any atom is 0.573 e. The molecule has 192 valence electrons. The van der Waals surface area contributed by atoms with Gasteiger partial charge in [0.15, 0.2) is 5.11 Å². The molecule has 0 aliphatic heterocycles. The molecule has 3 aromatic carbocycles. The standard InChI is InChI=1S/C27H21F3N6OS/c1-16-4-3-5-17(2)24(16)34-26(38)35-33-13-19-12-18-6-11-23-25(22(18)14-31-19)32-15-36(23)20-7-9-21(10-8-20)37-27(28,29)30/h3-15H,1-2H3,(H2,34,35,38). The second kappa shape index (κ2) is 10.1. The number of aryl methyl sites for hydroxylation is 2. The van der Waals surface area contributed by atoms with E-state index in [1.807, 2.05) is 50.2 Å². The minimum atomic E-state index is -4.74. The van der Waals surface area contributed by atoms with Crippen LogP contribution in [0, 0.1) is 13.8 Å². The Hall–Kier alpha value is -4.51. The average molecular weight is 535 g/mol. The first-order chi connectivity index (χ1) is 18.2. The van der Waals surface area contributed by atoms with Crippen LogP contribution >= 0.6 is 12.2 Å². The SMILES string of the molecule is Cc1cccc(C)c1NC(=S)NN=Cc1cc2ccc3c(ncn3-c3ccc(OC(F)(F)F)cc3)c2cn1. The van der Waals surface area contributed by atoms with Crippen molar-refractivity contribution in [1.82, 2.24) is 20.0 Å². The fourth-order valence-electron chi connectivity index (χ4n) is 4.11. The van der Waals surface area contributed by atoms with Gasteiger partial charge in [-0.05, 0) is 79.0 Å². The Morgan fingerprint density at radius 2 is 1.76 bits per heavy atom. The van der Waals surface area contributed by atoms with Gasteiger partial charge >= 0.3 is 6.36 Å². The molecule has 0 fully saturated rings. The number of alkyl halides is 3. The summed E-state index contributed by atoms with van der Waals surface area (Å²) in [5.41, 5.74) is 8.69. The zero-order chi connectivity index (χ0) is 26.9. The van der Waals surface area contributed by atoms with Crippen molar-refractivity contribution in [3.05, 3.63) is 90.0 Å². The van der Waals surface area contributed by atoms with Crippen LogP contribution < -0.4 is 15.5 Å². The van der Waals surface area contributed by atoms with Crippen molar-refractivity contribution in [1.29, 1.82) is 0 Å². The fourth-order valence-corrected chi connectivity index (χ4v) is 4.27. The molecule has 5 rings (SSSR count). The van der Waals surface area contributed by atoms with Gasteiger partial charge in [0.05, 0.1) is 22.9 Å². The molecular weight excluding hydrogens is 513 g/mol. The topological polar surface area (TPSA) is 76.4 Å². The lowest BCUT2D eigenvalue weighted by Crippen LogP contribution is -2.24. The highest BCUT2D eigenvalue weighted by atomic mass is 32.1. The normalized spacial score (nSPS) is 11.8. The van der Waals surface area contributed by atoms with E-state index in [0.717, 1.165) is 33.1 Å². The van der Waals surface area contributed by atoms with Crippen molar-refractivity contribution in [2.24, 2.45) is 5.10 Å². The van der Waals surface area contributed by atoms with Crippen LogP contribution in [0.15, 0.2) is 78.3 Å². The van der Waals surface area contributed by atoms with Crippen LogP contribution in [0.25, 0.3) is 27.5 Å². The van der Waals surface area contributed by atoms with Crippen molar-refractivity contribution >= 4 is 51.0 Å². The number of benzene rings is 3. The lowest BCUT2D eigenvalue weighted by Gasteiger charge is -2.12. The van der Waals surface area contributed by atoms with Crippen LogP contribution in [-0.2, 0) is 0 Å². The molecule has 0 saturated heterocycles. The van der Waals surface area contributed by atoms with E-state index in [0.29, 0.717) is 22.0 Å². The van der Waals surface area contributed by atoms with Crippen LogP contribution in [-0.4, -0.2) is 32.2 Å². The van der Waals surface area contributed by atoms with Gasteiger partial charge < -0.3 is 10.1 Å². The third-order valence-electron chi connectivity index (χ3n) is 5.87. The summed E-state index contributed by atoms with van der Waals surface area (Å²) < 4.78 is 43.1. The van der Waals surface area contributed by atoms with E-state index < -0.39 is 6.36 Å². The molecule has 5 aromatic rings. The summed E-state index contributed by atoms with van der Waals surface area (Å²) in [5.74, 6) is -0.286. The average Bonchev–Trinajstić information content (AvgIpc) is 3.30. The van der Waals surface area contributed by atoms with Gasteiger partial charge in [-0.15, -0.1) is 13.2 Å². The minimum Gasteiger partial charge on any atom is -0.406 e. The Morgan fingerprint density at radius 1 is 1.03 bits per heavy atom. The number of ether oxygens (including phenoxy) is 1. The maximum atomic E-state index is 12.4. The van der Waals surface area contributed by atoms with Gasteiger partial charge in [-0.25, -0.2) is 4.98 Å². The van der Waals surface area contributed by atoms with Crippen molar-refractivity contribution in [3.63, 3.8) is 0 Å². The van der Waals surface area contributed by atoms with Crippen LogP contribution in [0.5, 0.6) is 5.75 Å². The van der Waals surface area contributed by atoms with Gasteiger partial charge in [0.25, 0.3) is 0 Å². The van der Waals surface area contributed by atoms with E-state index in [4.69, 9.17) is 12.2 Å². The Kier molecular flexibility index (Phi) is 6.68. The molecule has 0 aliphatic rings. The molecule has 0 amide bonds. The first-order valence-corrected chi connectivity index (χ1v) is 11.9. The molecule has 0 bridgehead atoms. The number of halogens is 3. The second-order valence-electron chi connectivity index (χ2n) is 8.51. The number of imidazole rings is 1. The van der Waals surface area contributed by atoms with Crippen LogP contribution in [0.3, 0.4) is 0 Å². The Morgan fingerprint density at radius 3 is 2.47 bits per heavy atom. The third kappa shape index (κ3) is 5.42. The molecule has 0 saturated carbocycles. The monoisotopic (exact) mass is 534 g/mol. The molecular formula is C27H21F3N6OS. The molecule has 2 heterocycles. The summed E-state index contributed by atoms with van der Waals surface area (Å²) in [6, 6.07) is 17.3. The number of para-hydroxylation sites is 1. The largest absolute Gasteiger partial charge is 0.573 e. The maximum absolute atomic E-state index is 12.4. The number of nitrogens with one attached hydrogen (secondary N) is 2. The number of aromatic nitrogens is 3. The molecule has 0 atom stereocenters. The summed E-state index contributed by atoms with van der Waals surface area (Å²) in [5, 5.41) is 9.46. The lowest BCUT2D eigenvalue weighted by atomic mass is 10.1. The third-order valence-corrected chi connectivity index (χ3v) is 6.06. The second-order valence-corrected chi connectivity index (χ2v) is 8.92. The Bertz CT molecular complexity index is 1660. The molecule has 0 radical (unpaired) electrons. The van der Waals surface area contributed by atoms with Crippen molar-refractivity contribution in [2.75, 3.05) is 5.32 Å². The Labute approximate surface area is 221 Å². The van der Waals surface area contributed by atoms with Crippen molar-refractivity contribution in [2.45, 2.75) is 20.2 Å². The number of nitrogens with zero attached hydrogens (tertiary/aromatic N) is 4. The number of rotatable bonds is 5. The van der Waals surface area contributed by atoms with E-state index in [1.165, 1.54) is 24.3 Å². The van der Waals surface area contributed by atoms with E-state index >= 15 is 0 Å². The Balaban J connectivity index is 1.32. The number of hydrogen-bond acceptors (Lipinski definition) is 5. The molecule has 2 N–H and O–H groups in total. The van der Waals surface area contributed by atoms with E-state index in [9.17, 15) is 13.2 Å². The summed E-state index contributed by atoms with van der Waals surface area (Å²) in [7, 11) is 0. The summed E-state index contributed by atoms with van der Waals surface area (Å²) in [6.07, 6.45) is 0.167. The predicted octanol–water partition coefficient (Wildman–Crippen LogP) is 6.41. The first kappa shape index (κ1) is 25.2. The summed E-state index contributed by atoms with van der Waals surface area (Å²) in [4.78, 5) is 8.98. The van der Waals surface area contributed by atoms with Gasteiger partial charge in [-0.3, -0.25) is 15.0 Å². The molecule has 2 aromatic heterocycles. The molecule has 0 spiro atoms. The number of hydrogen-bond donors (Lipinski definition) is 2. The van der Waals surface area contributed by atoms with Crippen LogP contribution in [0.1, 0.15) is 16.8 Å². The molecule has 11 heteroatoms. The fraction of sp³-hybridized carbons (Fsp3) is 0.111. The number of anilines is 1. The van der Waals surface area contributed by atoms with Gasteiger partial charge in [-0.2, -0.15) is 5.10 Å². The number of hydrazone groups is 1. The van der Waals surface area contributed by atoms with Gasteiger partial charge in [-0.1, -0.05) is 24.3 Å². The van der Waals surface area contributed by atoms with Gasteiger partial charge in [0.1, 0.15) is 12.1 Å². The highest BCUT2D eigenvalue weighted by molar-refractivity contribution is 7.80. The van der Waals surface area contributed by atoms with E-state index in [2.05, 4.69) is 30.5 Å². The molecule has 0 unspecified atom stereocenters. The number of fused-ring (bicyclic) bond motifs is 3. The quantitative estimate of drug-likeness (QED) is 0.154. The van der Waals surface area contributed by atoms with Crippen molar-refractivity contribution in [3.8, 4) is 11.4 Å². The van der Waals surface area contributed by atoms with Crippen molar-refractivity contribution < 1.29 is 17.9 Å². The summed E-state index contributed by atoms with van der Waals surface area (Å²) >= 11 is 5.35.